The number of nitrogens with zero attached hydrogens (tertiary/aromatic N) is 1. The topological polar surface area (TPSA) is 119 Å². The van der Waals surface area contributed by atoms with E-state index in [1.54, 1.807) is 0 Å². The first-order valence-corrected chi connectivity index (χ1v) is 12.8. The van der Waals surface area contributed by atoms with Crippen LogP contribution in [-0.2, 0) is 19.3 Å². The number of carbonyl (C=O) groups excluding carboxylic acids is 1. The fraction of sp³-hybridized carbons (Fsp3) is 0.0500. The van der Waals surface area contributed by atoms with Gasteiger partial charge in [0.15, 0.2) is 0 Å². The van der Waals surface area contributed by atoms with Gasteiger partial charge in [0.05, 0.1) is 21.2 Å². The molecule has 3 aromatic rings. The maximum Gasteiger partial charge on any atom is 0.416 e. The Kier molecular flexibility index (Phi) is 7.80. The molecule has 0 aromatic heterocycles. The molecule has 0 radical (unpaired) electrons. The second-order valence-corrected chi connectivity index (χ2v) is 10.0. The summed E-state index contributed by atoms with van der Waals surface area (Å²) in [4.78, 5) is 12.2. The standard InChI is InChI=1S/C20H13ClF3IN3O5S/c21-17-9-4-12(10-18(17)28(31)25-30)19(29)26-14-5-7-16(8-6-14)34(32,33)27-15-3-1-2-13(11-15)20(22,23)24/h1-11,27H,(H,26,29)/q-1. The van der Waals surface area contributed by atoms with Crippen molar-refractivity contribution in [3.8, 4) is 0 Å². The summed E-state index contributed by atoms with van der Waals surface area (Å²) in [5, 5.41) is 14.1. The Morgan fingerprint density at radius 2 is 1.68 bits per heavy atom. The first kappa shape index (κ1) is 25.9. The fourth-order valence-electron chi connectivity index (χ4n) is 2.72. The molecule has 8 nitrogen and oxygen atoms in total. The summed E-state index contributed by atoms with van der Waals surface area (Å²) in [7, 11) is -4.21. The maximum atomic E-state index is 12.8. The summed E-state index contributed by atoms with van der Waals surface area (Å²) in [5.74, 6) is -0.645. The highest BCUT2D eigenvalue weighted by molar-refractivity contribution is 14.1. The maximum absolute atomic E-state index is 12.8. The van der Waals surface area contributed by atoms with Gasteiger partial charge in [-0.1, -0.05) is 17.7 Å². The lowest BCUT2D eigenvalue weighted by molar-refractivity contribution is -0.137. The number of nitrogens with one attached hydrogen (secondary N) is 2. The van der Waals surface area contributed by atoms with Gasteiger partial charge in [-0.3, -0.25) is 9.52 Å². The van der Waals surface area contributed by atoms with Crippen LogP contribution in [0.3, 0.4) is 0 Å². The van der Waals surface area contributed by atoms with E-state index in [1.807, 2.05) is 0 Å². The molecule has 0 bridgehead atoms. The molecule has 180 valence electrons. The fourth-order valence-corrected chi connectivity index (χ4v) is 4.72. The summed E-state index contributed by atoms with van der Waals surface area (Å²) in [6.45, 7) is 0. The number of halogens is 5. The van der Waals surface area contributed by atoms with Gasteiger partial charge in [0.2, 0.25) is 0 Å². The number of hydrogen-bond acceptors (Lipinski definition) is 5. The van der Waals surface area contributed by atoms with Crippen molar-refractivity contribution in [1.82, 2.24) is 0 Å². The largest absolute Gasteiger partial charge is 0.748 e. The van der Waals surface area contributed by atoms with Gasteiger partial charge in [-0.25, -0.2) is 11.5 Å². The average Bonchev–Trinajstić information content (AvgIpc) is 2.78. The van der Waals surface area contributed by atoms with Crippen LogP contribution in [0.1, 0.15) is 15.9 Å². The lowest BCUT2D eigenvalue weighted by atomic mass is 10.2. The molecule has 0 aliphatic heterocycles. The number of carbonyl (C=O) groups is 1. The molecule has 3 aromatic carbocycles. The van der Waals surface area contributed by atoms with E-state index >= 15 is 0 Å². The molecular weight excluding hydrogens is 614 g/mol. The van der Waals surface area contributed by atoms with Gasteiger partial charge in [0.25, 0.3) is 37.4 Å². The Morgan fingerprint density at radius 3 is 2.29 bits per heavy atom. The van der Waals surface area contributed by atoms with Crippen molar-refractivity contribution in [3.05, 3.63) is 88.1 Å². The Hall–Kier alpha value is -2.75. The number of hydrogen-bond donors (Lipinski definition) is 2. The van der Waals surface area contributed by atoms with E-state index in [0.29, 0.717) is 6.07 Å². The molecule has 0 unspecified atom stereocenters. The molecule has 0 heterocycles. The molecule has 0 aliphatic rings. The van der Waals surface area contributed by atoms with Gasteiger partial charge in [0.1, 0.15) is 0 Å². The number of rotatable bonds is 7. The molecule has 1 amide bonds. The highest BCUT2D eigenvalue weighted by Crippen LogP contribution is 2.32. The first-order chi connectivity index (χ1) is 15.9. The quantitative estimate of drug-likeness (QED) is 0.190. The van der Waals surface area contributed by atoms with Crippen LogP contribution in [0.5, 0.6) is 0 Å². The van der Waals surface area contributed by atoms with Crippen molar-refractivity contribution in [1.29, 1.82) is 0 Å². The SMILES string of the molecule is O=IN([O-])c1cc(C(=O)Nc2ccc(S(=O)(=O)Nc3cccc(C(F)(F)F)c3)cc2)ccc1Cl. The van der Waals surface area contributed by atoms with Gasteiger partial charge >= 0.3 is 6.18 Å². The van der Waals surface area contributed by atoms with E-state index in [1.165, 1.54) is 36.4 Å². The smallest absolute Gasteiger partial charge is 0.416 e. The zero-order chi connectivity index (χ0) is 25.1. The third-order valence-corrected chi connectivity index (χ3v) is 6.92. The predicted molar refractivity (Wildman–Crippen MR) is 129 cm³/mol. The molecule has 14 heteroatoms. The number of sulfonamides is 1. The molecule has 3 rings (SSSR count). The van der Waals surface area contributed by atoms with E-state index in [9.17, 15) is 34.7 Å². The summed E-state index contributed by atoms with van der Waals surface area (Å²) in [5.41, 5.74) is -1.15. The zero-order valence-electron chi connectivity index (χ0n) is 16.6. The third-order valence-electron chi connectivity index (χ3n) is 4.32. The monoisotopic (exact) mass is 626 g/mol. The zero-order valence-corrected chi connectivity index (χ0v) is 20.4. The molecule has 0 aliphatic carbocycles. The normalized spacial score (nSPS) is 11.7. The summed E-state index contributed by atoms with van der Waals surface area (Å²) in [6.07, 6.45) is -4.63. The van der Waals surface area contributed by atoms with Crippen molar-refractivity contribution in [2.75, 3.05) is 13.3 Å². The van der Waals surface area contributed by atoms with Crippen LogP contribution in [0.25, 0.3) is 0 Å². The molecule has 34 heavy (non-hydrogen) atoms. The highest BCUT2D eigenvalue weighted by atomic mass is 127. The predicted octanol–water partition coefficient (Wildman–Crippen LogP) is 5.95. The molecular formula is C20H13ClF3IN3O5S-. The number of benzene rings is 3. The van der Waals surface area contributed by atoms with Gasteiger partial charge in [0, 0.05) is 16.9 Å². The van der Waals surface area contributed by atoms with Gasteiger partial charge in [-0.2, -0.15) is 13.2 Å². The minimum Gasteiger partial charge on any atom is -0.748 e. The number of alkyl halides is 3. The Labute approximate surface area is 207 Å². The minimum absolute atomic E-state index is 0.0185. The van der Waals surface area contributed by atoms with Gasteiger partial charge in [-0.05, 0) is 60.7 Å². The van der Waals surface area contributed by atoms with E-state index in [4.69, 9.17) is 11.6 Å². The van der Waals surface area contributed by atoms with Gasteiger partial charge < -0.3 is 13.8 Å². The molecule has 2 N–H and O–H groups in total. The van der Waals surface area contributed by atoms with Crippen LogP contribution in [0, 0.1) is 5.21 Å². The highest BCUT2D eigenvalue weighted by Gasteiger charge is 2.30. The van der Waals surface area contributed by atoms with Gasteiger partial charge in [-0.15, -0.1) is 0 Å². The van der Waals surface area contributed by atoms with Crippen LogP contribution in [0.15, 0.2) is 71.6 Å². The second-order valence-electron chi connectivity index (χ2n) is 6.64. The first-order valence-electron chi connectivity index (χ1n) is 9.06. The molecule has 0 atom stereocenters. The average molecular weight is 627 g/mol. The van der Waals surface area contributed by atoms with Crippen LogP contribution >= 0.6 is 33.1 Å². The number of amides is 1. The lowest BCUT2D eigenvalue weighted by Crippen LogP contribution is -2.15. The molecule has 0 saturated heterocycles. The third kappa shape index (κ3) is 6.22. The Balaban J connectivity index is 1.75. The molecule has 0 saturated carbocycles. The minimum atomic E-state index is -4.63. The Morgan fingerprint density at radius 1 is 1.00 bits per heavy atom. The number of anilines is 3. The van der Waals surface area contributed by atoms with E-state index < -0.39 is 49.1 Å². The Bertz CT molecular complexity index is 1340. The van der Waals surface area contributed by atoms with Crippen LogP contribution < -0.4 is 13.3 Å². The molecule has 0 fully saturated rings. The van der Waals surface area contributed by atoms with Crippen molar-refractivity contribution < 1.29 is 29.5 Å². The van der Waals surface area contributed by atoms with E-state index in [-0.39, 0.29) is 35.8 Å². The second kappa shape index (κ2) is 10.2. The van der Waals surface area contributed by atoms with E-state index in [0.717, 1.165) is 24.3 Å². The summed E-state index contributed by atoms with van der Waals surface area (Å²) < 4.78 is 76.8. The molecule has 0 spiro atoms. The summed E-state index contributed by atoms with van der Waals surface area (Å²) in [6, 6.07) is 12.4. The van der Waals surface area contributed by atoms with Crippen molar-refractivity contribution in [2.24, 2.45) is 0 Å². The van der Waals surface area contributed by atoms with E-state index in [2.05, 4.69) is 10.0 Å². The van der Waals surface area contributed by atoms with Crippen molar-refractivity contribution in [2.45, 2.75) is 11.1 Å². The van der Waals surface area contributed by atoms with Crippen LogP contribution in [0.2, 0.25) is 5.02 Å². The summed E-state index contributed by atoms with van der Waals surface area (Å²) >= 11 is 3.79. The van der Waals surface area contributed by atoms with Crippen molar-refractivity contribution >= 4 is 66.1 Å². The van der Waals surface area contributed by atoms with Crippen molar-refractivity contribution in [3.63, 3.8) is 0 Å². The van der Waals surface area contributed by atoms with Crippen LogP contribution in [-0.4, -0.2) is 14.3 Å². The van der Waals surface area contributed by atoms with Crippen LogP contribution in [0.4, 0.5) is 30.2 Å². The lowest BCUT2D eigenvalue weighted by Gasteiger charge is -2.22.